The average molecular weight is 213 g/mol. The van der Waals surface area contributed by atoms with Crippen LogP contribution in [0.2, 0.25) is 0 Å². The minimum Gasteiger partial charge on any atom is -0.307 e. The number of rotatable bonds is 5. The van der Waals surface area contributed by atoms with Crippen LogP contribution in [0, 0.1) is 0 Å². The van der Waals surface area contributed by atoms with Gasteiger partial charge in [-0.25, -0.2) is 0 Å². The van der Waals surface area contributed by atoms with Crippen LogP contribution in [0.4, 0.5) is 0 Å². The highest BCUT2D eigenvalue weighted by Gasteiger charge is 2.09. The standard InChI is InChI=1S/C10H19N3S/c1-8(7-14-4)12-9(2)10-5-11-13(3)6-10/h5-6,8-9,12H,7H2,1-4H3. The molecule has 0 aromatic carbocycles. The molecule has 0 amide bonds. The summed E-state index contributed by atoms with van der Waals surface area (Å²) in [5.74, 6) is 1.14. The monoisotopic (exact) mass is 213 g/mol. The molecule has 80 valence electrons. The fraction of sp³-hybridized carbons (Fsp3) is 0.700. The SMILES string of the molecule is CSCC(C)NC(C)c1cnn(C)c1. The van der Waals surface area contributed by atoms with E-state index in [1.54, 1.807) is 0 Å². The van der Waals surface area contributed by atoms with Gasteiger partial charge in [-0.05, 0) is 20.1 Å². The number of hydrogen-bond acceptors (Lipinski definition) is 3. The third-order valence-electron chi connectivity index (χ3n) is 2.18. The lowest BCUT2D eigenvalue weighted by molar-refractivity contribution is 0.511. The molecule has 0 spiro atoms. The summed E-state index contributed by atoms with van der Waals surface area (Å²) in [7, 11) is 1.95. The van der Waals surface area contributed by atoms with E-state index in [4.69, 9.17) is 0 Å². The lowest BCUT2D eigenvalue weighted by Crippen LogP contribution is -2.30. The van der Waals surface area contributed by atoms with Crippen molar-refractivity contribution in [2.24, 2.45) is 7.05 Å². The molecule has 4 heteroatoms. The molecule has 1 aromatic rings. The van der Waals surface area contributed by atoms with Crippen LogP contribution in [-0.4, -0.2) is 27.8 Å². The first kappa shape index (κ1) is 11.6. The minimum absolute atomic E-state index is 0.380. The largest absolute Gasteiger partial charge is 0.307 e. The first-order chi connectivity index (χ1) is 6.63. The zero-order chi connectivity index (χ0) is 10.6. The number of nitrogens with one attached hydrogen (secondary N) is 1. The van der Waals surface area contributed by atoms with E-state index in [1.807, 2.05) is 29.7 Å². The summed E-state index contributed by atoms with van der Waals surface area (Å²) in [5, 5.41) is 7.70. The van der Waals surface area contributed by atoms with Crippen molar-refractivity contribution in [3.63, 3.8) is 0 Å². The van der Waals surface area contributed by atoms with Gasteiger partial charge in [0.1, 0.15) is 0 Å². The summed E-state index contributed by atoms with van der Waals surface area (Å²) in [6, 6.07) is 0.922. The summed E-state index contributed by atoms with van der Waals surface area (Å²) >= 11 is 1.87. The van der Waals surface area contributed by atoms with Gasteiger partial charge in [-0.1, -0.05) is 0 Å². The average Bonchev–Trinajstić information content (AvgIpc) is 2.52. The normalized spacial score (nSPS) is 15.4. The fourth-order valence-electron chi connectivity index (χ4n) is 1.48. The van der Waals surface area contributed by atoms with Crippen LogP contribution in [-0.2, 0) is 7.05 Å². The summed E-state index contributed by atoms with van der Waals surface area (Å²) < 4.78 is 1.84. The third-order valence-corrected chi connectivity index (χ3v) is 3.01. The Hall–Kier alpha value is -0.480. The second kappa shape index (κ2) is 5.41. The Balaban J connectivity index is 2.45. The highest BCUT2D eigenvalue weighted by molar-refractivity contribution is 7.98. The summed E-state index contributed by atoms with van der Waals surface area (Å²) in [5.41, 5.74) is 1.25. The van der Waals surface area contributed by atoms with Crippen molar-refractivity contribution in [2.75, 3.05) is 12.0 Å². The van der Waals surface area contributed by atoms with Gasteiger partial charge in [0.2, 0.25) is 0 Å². The molecule has 0 saturated heterocycles. The van der Waals surface area contributed by atoms with Crippen LogP contribution >= 0.6 is 11.8 Å². The number of aryl methyl sites for hydroxylation is 1. The van der Waals surface area contributed by atoms with Gasteiger partial charge in [0.15, 0.2) is 0 Å². The van der Waals surface area contributed by atoms with Gasteiger partial charge in [-0.2, -0.15) is 16.9 Å². The molecule has 2 atom stereocenters. The molecule has 14 heavy (non-hydrogen) atoms. The predicted molar refractivity (Wildman–Crippen MR) is 62.6 cm³/mol. The molecule has 0 aliphatic heterocycles. The maximum Gasteiger partial charge on any atom is 0.0537 e. The smallest absolute Gasteiger partial charge is 0.0537 e. The maximum atomic E-state index is 4.16. The van der Waals surface area contributed by atoms with Crippen molar-refractivity contribution >= 4 is 11.8 Å². The van der Waals surface area contributed by atoms with Gasteiger partial charge in [-0.3, -0.25) is 4.68 Å². The van der Waals surface area contributed by atoms with Gasteiger partial charge < -0.3 is 5.32 Å². The molecule has 1 aromatic heterocycles. The summed E-state index contributed by atoms with van der Waals surface area (Å²) in [6.07, 6.45) is 6.11. The minimum atomic E-state index is 0.380. The van der Waals surface area contributed by atoms with E-state index in [0.29, 0.717) is 12.1 Å². The Morgan fingerprint density at radius 1 is 1.57 bits per heavy atom. The van der Waals surface area contributed by atoms with Gasteiger partial charge in [-0.15, -0.1) is 0 Å². The van der Waals surface area contributed by atoms with E-state index < -0.39 is 0 Å². The molecule has 0 radical (unpaired) electrons. The van der Waals surface area contributed by atoms with Gasteiger partial charge in [0.05, 0.1) is 6.20 Å². The number of nitrogens with zero attached hydrogens (tertiary/aromatic N) is 2. The molecule has 0 saturated carbocycles. The molecule has 0 fully saturated rings. The molecule has 0 bridgehead atoms. The van der Waals surface area contributed by atoms with E-state index in [0.717, 1.165) is 5.75 Å². The van der Waals surface area contributed by atoms with E-state index in [2.05, 4.69) is 36.7 Å². The van der Waals surface area contributed by atoms with E-state index in [-0.39, 0.29) is 0 Å². The highest BCUT2D eigenvalue weighted by atomic mass is 32.2. The van der Waals surface area contributed by atoms with Crippen molar-refractivity contribution in [3.8, 4) is 0 Å². The number of hydrogen-bond donors (Lipinski definition) is 1. The lowest BCUT2D eigenvalue weighted by Gasteiger charge is -2.17. The summed E-state index contributed by atoms with van der Waals surface area (Å²) in [4.78, 5) is 0. The Morgan fingerprint density at radius 2 is 2.29 bits per heavy atom. The third kappa shape index (κ3) is 3.35. The predicted octanol–water partition coefficient (Wildman–Crippen LogP) is 1.82. The molecular weight excluding hydrogens is 194 g/mol. The quantitative estimate of drug-likeness (QED) is 0.809. The van der Waals surface area contributed by atoms with Crippen molar-refractivity contribution in [3.05, 3.63) is 18.0 Å². The molecule has 1 rings (SSSR count). The molecule has 2 unspecified atom stereocenters. The number of aromatic nitrogens is 2. The molecule has 0 aliphatic rings. The zero-order valence-electron chi connectivity index (χ0n) is 9.32. The number of thioether (sulfide) groups is 1. The van der Waals surface area contributed by atoms with Crippen molar-refractivity contribution < 1.29 is 0 Å². The molecule has 3 nitrogen and oxygen atoms in total. The molecule has 1 heterocycles. The van der Waals surface area contributed by atoms with E-state index in [9.17, 15) is 0 Å². The Bertz CT molecular complexity index is 272. The molecule has 0 aliphatic carbocycles. The second-order valence-electron chi connectivity index (χ2n) is 3.69. The molecule has 1 N–H and O–H groups in total. The first-order valence-electron chi connectivity index (χ1n) is 4.87. The van der Waals surface area contributed by atoms with Gasteiger partial charge in [0.25, 0.3) is 0 Å². The van der Waals surface area contributed by atoms with E-state index >= 15 is 0 Å². The van der Waals surface area contributed by atoms with Crippen molar-refractivity contribution in [1.29, 1.82) is 0 Å². The lowest BCUT2D eigenvalue weighted by atomic mass is 10.2. The van der Waals surface area contributed by atoms with Crippen LogP contribution in [0.5, 0.6) is 0 Å². The maximum absolute atomic E-state index is 4.16. The van der Waals surface area contributed by atoms with Crippen molar-refractivity contribution in [1.82, 2.24) is 15.1 Å². The van der Waals surface area contributed by atoms with Crippen LogP contribution in [0.25, 0.3) is 0 Å². The Labute approximate surface area is 90.3 Å². The van der Waals surface area contributed by atoms with Gasteiger partial charge in [0, 0.05) is 36.6 Å². The zero-order valence-corrected chi connectivity index (χ0v) is 10.1. The molecular formula is C10H19N3S. The second-order valence-corrected chi connectivity index (χ2v) is 4.60. The summed E-state index contributed by atoms with van der Waals surface area (Å²) in [6.45, 7) is 4.39. The van der Waals surface area contributed by atoms with Crippen LogP contribution < -0.4 is 5.32 Å². The van der Waals surface area contributed by atoms with Crippen molar-refractivity contribution in [2.45, 2.75) is 25.9 Å². The van der Waals surface area contributed by atoms with Crippen LogP contribution in [0.15, 0.2) is 12.4 Å². The van der Waals surface area contributed by atoms with Gasteiger partial charge >= 0.3 is 0 Å². The van der Waals surface area contributed by atoms with Crippen LogP contribution in [0.3, 0.4) is 0 Å². The van der Waals surface area contributed by atoms with E-state index in [1.165, 1.54) is 5.56 Å². The Morgan fingerprint density at radius 3 is 2.79 bits per heavy atom. The fourth-order valence-corrected chi connectivity index (χ4v) is 2.08. The van der Waals surface area contributed by atoms with Crippen LogP contribution in [0.1, 0.15) is 25.5 Å². The first-order valence-corrected chi connectivity index (χ1v) is 6.26. The topological polar surface area (TPSA) is 29.9 Å². The Kier molecular flexibility index (Phi) is 4.48. The highest BCUT2D eigenvalue weighted by Crippen LogP contribution is 2.11.